The van der Waals surface area contributed by atoms with E-state index in [1.165, 1.54) is 60.2 Å². The monoisotopic (exact) mass is 633 g/mol. The number of benzene rings is 2. The maximum Gasteiger partial charge on any atom is 2.00 e. The van der Waals surface area contributed by atoms with Crippen LogP contribution < -0.4 is 21.1 Å². The second-order valence-corrected chi connectivity index (χ2v) is 8.38. The molecule has 2 aromatic heterocycles. The van der Waals surface area contributed by atoms with Crippen LogP contribution in [-0.2, 0) is 30.9 Å². The number of aromatic nitrogens is 2. The van der Waals surface area contributed by atoms with Gasteiger partial charge in [-0.05, 0) is 11.1 Å². The van der Waals surface area contributed by atoms with Crippen molar-refractivity contribution in [2.75, 3.05) is 0 Å². The molecule has 1 radical (unpaired) electrons. The fourth-order valence-electron chi connectivity index (χ4n) is 3.36. The van der Waals surface area contributed by atoms with Crippen LogP contribution in [0, 0.1) is 20.2 Å². The molecule has 0 aliphatic heterocycles. The van der Waals surface area contributed by atoms with E-state index in [9.17, 15) is 40.0 Å². The summed E-state index contributed by atoms with van der Waals surface area (Å²) in [4.78, 5) is 43.7. The molecule has 0 atom stereocenters. The summed E-state index contributed by atoms with van der Waals surface area (Å²) in [6, 6.07) is 14.7. The van der Waals surface area contributed by atoms with Crippen LogP contribution in [0.25, 0.3) is 0 Å². The summed E-state index contributed by atoms with van der Waals surface area (Å²) in [6.45, 7) is 0. The maximum absolute atomic E-state index is 11.8. The largest absolute Gasteiger partial charge is 2.00 e. The number of rotatable bonds is 8. The average Bonchev–Trinajstić information content (AvgIpc) is 3.54. The van der Waals surface area contributed by atoms with Gasteiger partial charge in [0.2, 0.25) is 0 Å². The van der Waals surface area contributed by atoms with E-state index >= 15 is 0 Å². The summed E-state index contributed by atoms with van der Waals surface area (Å²) in [5, 5.41) is 51.4. The number of nitrogens with one attached hydrogen (secondary N) is 2. The van der Waals surface area contributed by atoms with Crippen LogP contribution in [0.2, 0.25) is 0 Å². The smallest absolute Gasteiger partial charge is 0.872 e. The number of para-hydroxylation sites is 2. The van der Waals surface area contributed by atoms with Crippen LogP contribution in [0.4, 0.5) is 11.4 Å². The van der Waals surface area contributed by atoms with E-state index in [2.05, 4.69) is 21.1 Å². The van der Waals surface area contributed by atoms with Gasteiger partial charge in [-0.1, -0.05) is 60.0 Å². The van der Waals surface area contributed by atoms with Gasteiger partial charge in [0.15, 0.2) is 0 Å². The van der Waals surface area contributed by atoms with Crippen molar-refractivity contribution in [3.63, 3.8) is 0 Å². The molecule has 0 fully saturated rings. The number of hydrogen-bond donors (Lipinski definition) is 2. The number of hydrogen-bond acceptors (Lipinski definition) is 10. The number of carbonyl (C=O) groups excluding carboxylic acids is 2. The average molecular weight is 633 g/mol. The van der Waals surface area contributed by atoms with Crippen molar-refractivity contribution < 1.29 is 46.4 Å². The Hall–Kier alpha value is -5.81. The van der Waals surface area contributed by atoms with E-state index in [1.54, 1.807) is 36.4 Å². The Labute approximate surface area is 253 Å². The summed E-state index contributed by atoms with van der Waals surface area (Å²) in [5.74, 6) is -1.65. The van der Waals surface area contributed by atoms with Crippen molar-refractivity contribution in [1.29, 1.82) is 0 Å². The van der Waals surface area contributed by atoms with Gasteiger partial charge in [0.1, 0.15) is 11.4 Å². The normalized spacial score (nSPS) is 10.5. The number of nitrogens with zero attached hydrogens (tertiary/aromatic N) is 6. The van der Waals surface area contributed by atoms with Crippen LogP contribution in [-0.4, -0.2) is 43.2 Å². The zero-order valence-electron chi connectivity index (χ0n) is 22.4. The van der Waals surface area contributed by atoms with Gasteiger partial charge in [0.05, 0.1) is 34.7 Å². The van der Waals surface area contributed by atoms with E-state index < -0.39 is 21.7 Å². The van der Waals surface area contributed by atoms with Crippen LogP contribution in [0.15, 0.2) is 83.3 Å². The molecule has 4 rings (SSSR count). The third-order valence-corrected chi connectivity index (χ3v) is 5.45. The third kappa shape index (κ3) is 9.10. The molecule has 2 amide bonds. The van der Waals surface area contributed by atoms with Gasteiger partial charge in [0, 0.05) is 26.2 Å². The molecular weight excluding hydrogens is 611 g/mol. The maximum atomic E-state index is 11.8. The third-order valence-electron chi connectivity index (χ3n) is 5.45. The first kappa shape index (κ1) is 33.4. The molecule has 0 aliphatic rings. The van der Waals surface area contributed by atoms with Crippen molar-refractivity contribution in [3.05, 3.63) is 116 Å². The molecule has 0 spiro atoms. The van der Waals surface area contributed by atoms with Gasteiger partial charge in [-0.3, -0.25) is 29.8 Å². The first-order chi connectivity index (χ1) is 20.0. The summed E-state index contributed by atoms with van der Waals surface area (Å²) < 4.78 is 2.65. The molecule has 0 aliphatic carbocycles. The molecule has 2 heterocycles. The predicted octanol–water partition coefficient (Wildman–Crippen LogP) is 1.54. The molecule has 2 N–H and O–H groups in total. The molecule has 16 nitrogen and oxygen atoms in total. The van der Waals surface area contributed by atoms with E-state index in [0.717, 1.165) is 12.1 Å². The Kier molecular flexibility index (Phi) is 11.8. The minimum atomic E-state index is -0.606. The molecule has 43 heavy (non-hydrogen) atoms. The van der Waals surface area contributed by atoms with Crippen LogP contribution in [0.5, 0.6) is 11.5 Å². The van der Waals surface area contributed by atoms with Gasteiger partial charge < -0.3 is 19.3 Å². The van der Waals surface area contributed by atoms with Crippen molar-refractivity contribution >= 4 is 35.6 Å². The summed E-state index contributed by atoms with van der Waals surface area (Å²) >= 11 is 0. The second kappa shape index (κ2) is 15.3. The fraction of sp³-hybridized carbons (Fsp3) is 0.0769. The molecule has 0 unspecified atom stereocenters. The quantitative estimate of drug-likeness (QED) is 0.164. The van der Waals surface area contributed by atoms with Crippen molar-refractivity contribution in [2.45, 2.75) is 0 Å². The Morgan fingerprint density at radius 1 is 0.721 bits per heavy atom. The first-order valence-electron chi connectivity index (χ1n) is 11.8. The van der Waals surface area contributed by atoms with E-state index in [-0.39, 0.29) is 51.0 Å². The fourth-order valence-corrected chi connectivity index (χ4v) is 3.36. The summed E-state index contributed by atoms with van der Waals surface area (Å²) in [7, 11) is 3.02. The van der Waals surface area contributed by atoms with E-state index in [1.807, 2.05) is 0 Å². The van der Waals surface area contributed by atoms with Crippen molar-refractivity contribution in [2.24, 2.45) is 24.3 Å². The minimum Gasteiger partial charge on any atom is -0.872 e. The topological polar surface area (TPSA) is 225 Å². The second-order valence-electron chi connectivity index (χ2n) is 8.38. The van der Waals surface area contributed by atoms with E-state index in [0.29, 0.717) is 11.1 Å². The number of amides is 2. The Bertz CT molecular complexity index is 1570. The van der Waals surface area contributed by atoms with Gasteiger partial charge in [0.25, 0.3) is 23.2 Å². The zero-order chi connectivity index (χ0) is 30.8. The van der Waals surface area contributed by atoms with E-state index in [4.69, 9.17) is 0 Å². The molecule has 4 aromatic rings. The van der Waals surface area contributed by atoms with Crippen molar-refractivity contribution in [3.8, 4) is 11.5 Å². The van der Waals surface area contributed by atoms with Crippen molar-refractivity contribution in [1.82, 2.24) is 20.0 Å². The Balaban J connectivity index is 0.000000293. The van der Waals surface area contributed by atoms with Crippen LogP contribution in [0.1, 0.15) is 32.1 Å². The Morgan fingerprint density at radius 3 is 1.37 bits per heavy atom. The first-order valence-corrected chi connectivity index (χ1v) is 11.8. The molecule has 17 heteroatoms. The van der Waals surface area contributed by atoms with Crippen LogP contribution in [0.3, 0.4) is 0 Å². The molecule has 0 saturated carbocycles. The predicted molar refractivity (Wildman–Crippen MR) is 146 cm³/mol. The summed E-state index contributed by atoms with van der Waals surface area (Å²) in [6.07, 6.45) is 4.90. The standard InChI is InChI=1S/2C13H12N4O4.Co/c2*1-16-8-10(17(20)21)6-11(16)13(19)15-14-7-9-4-2-3-5-12(9)18;/h2*2-8,18H,1H3,(H,15,19);/q;;+2/p-2/b2*14-7+;. The Morgan fingerprint density at radius 2 is 1.07 bits per heavy atom. The van der Waals surface area contributed by atoms with Gasteiger partial charge >= 0.3 is 16.8 Å². The number of nitro groups is 2. The van der Waals surface area contributed by atoms with Gasteiger partial charge in [-0.15, -0.1) is 0 Å². The molecule has 223 valence electrons. The van der Waals surface area contributed by atoms with Gasteiger partial charge in [-0.25, -0.2) is 10.9 Å². The molecular formula is C26H22CoN8O8. The number of aryl methyl sites for hydroxylation is 2. The van der Waals surface area contributed by atoms with Gasteiger partial charge in [-0.2, -0.15) is 10.2 Å². The van der Waals surface area contributed by atoms with Crippen LogP contribution >= 0.6 is 0 Å². The number of carbonyl (C=O) groups is 2. The SMILES string of the molecule is Cn1cc([N+](=O)[O-])cc1C(=O)N/N=C/c1ccccc1[O-].Cn1cc([N+](=O)[O-])cc1C(=O)N/N=C/c1ccccc1[O-].[Co+2]. The molecule has 0 bridgehead atoms. The number of hydrazone groups is 2. The minimum absolute atomic E-state index is 0. The summed E-state index contributed by atoms with van der Waals surface area (Å²) in [5.41, 5.74) is 4.91. The molecule has 2 aromatic carbocycles. The zero-order valence-corrected chi connectivity index (χ0v) is 23.4. The molecule has 0 saturated heterocycles.